The van der Waals surface area contributed by atoms with Crippen LogP contribution >= 0.6 is 12.2 Å². The number of likely N-dealkylation sites (N-methyl/N-ethyl adjacent to an activating group) is 1. The van der Waals surface area contributed by atoms with E-state index in [2.05, 4.69) is 15.6 Å². The fourth-order valence-electron chi connectivity index (χ4n) is 4.02. The van der Waals surface area contributed by atoms with Gasteiger partial charge in [-0.15, -0.1) is 0 Å². The van der Waals surface area contributed by atoms with E-state index in [1.165, 1.54) is 17.2 Å². The average molecular weight is 453 g/mol. The second kappa shape index (κ2) is 9.44. The molecule has 0 bridgehead atoms. The van der Waals surface area contributed by atoms with Crippen LogP contribution in [0, 0.1) is 11.4 Å². The molecule has 2 amide bonds. The molecule has 2 aromatic rings. The van der Waals surface area contributed by atoms with Crippen LogP contribution in [0.1, 0.15) is 31.2 Å². The van der Waals surface area contributed by atoms with Gasteiger partial charge in [-0.1, -0.05) is 49.3 Å². The van der Waals surface area contributed by atoms with Crippen molar-refractivity contribution in [3.8, 4) is 0 Å². The first kappa shape index (κ1) is 21.9. The fraction of sp³-hybridized carbons (Fsp3) is 0.304. The van der Waals surface area contributed by atoms with E-state index in [0.29, 0.717) is 17.9 Å². The summed E-state index contributed by atoms with van der Waals surface area (Å²) in [5.74, 6) is 0.0587. The molecule has 0 spiro atoms. The van der Waals surface area contributed by atoms with Crippen LogP contribution in [0.3, 0.4) is 0 Å². The third kappa shape index (κ3) is 4.47. The second-order valence-electron chi connectivity index (χ2n) is 7.89. The number of hydrogen-bond acceptors (Lipinski definition) is 6. The van der Waals surface area contributed by atoms with Gasteiger partial charge in [-0.05, 0) is 36.6 Å². The number of pyridine rings is 1. The molecule has 1 saturated carbocycles. The van der Waals surface area contributed by atoms with Crippen molar-refractivity contribution >= 4 is 34.8 Å². The summed E-state index contributed by atoms with van der Waals surface area (Å²) in [7, 11) is 1.64. The number of amidine groups is 1. The van der Waals surface area contributed by atoms with Crippen LogP contribution in [0.25, 0.3) is 0 Å². The van der Waals surface area contributed by atoms with Gasteiger partial charge in [0.15, 0.2) is 0 Å². The Kier molecular flexibility index (Phi) is 6.45. The Hall–Kier alpha value is -3.33. The van der Waals surface area contributed by atoms with Crippen LogP contribution in [-0.4, -0.2) is 44.7 Å². The number of urea groups is 1. The van der Waals surface area contributed by atoms with Gasteiger partial charge in [0.2, 0.25) is 5.95 Å². The molecule has 166 valence electrons. The standard InChI is InChI=1S/C23H25FN6OS/c1-29-22(32)19(20(25)30(23(29)31)17-9-5-6-10-17)21(28-16-7-3-2-4-8-16)27-14-15-11-12-18(24)26-13-15/h2-4,7-8,11-13,17,25,27-28H,5-6,9-10,14H2,1H3/b21-19-,25-20?. The third-order valence-corrected chi connectivity index (χ3v) is 6.21. The van der Waals surface area contributed by atoms with Crippen molar-refractivity contribution in [2.45, 2.75) is 38.3 Å². The maximum atomic E-state index is 13.2. The molecule has 1 aromatic heterocycles. The lowest BCUT2D eigenvalue weighted by atomic mass is 10.1. The second-order valence-corrected chi connectivity index (χ2v) is 8.27. The van der Waals surface area contributed by atoms with Crippen LogP contribution < -0.4 is 10.6 Å². The first-order chi connectivity index (χ1) is 15.5. The lowest BCUT2D eigenvalue weighted by Gasteiger charge is -2.39. The summed E-state index contributed by atoms with van der Waals surface area (Å²) in [6.45, 7) is 0.336. The number of benzene rings is 1. The number of hydrogen-bond donors (Lipinski definition) is 3. The number of nitrogens with zero attached hydrogens (tertiary/aromatic N) is 3. The van der Waals surface area contributed by atoms with E-state index < -0.39 is 5.95 Å². The minimum absolute atomic E-state index is 0.00479. The van der Waals surface area contributed by atoms with E-state index in [4.69, 9.17) is 17.6 Å². The maximum Gasteiger partial charge on any atom is 0.330 e. The molecule has 0 atom stereocenters. The molecule has 1 aliphatic carbocycles. The number of thiocarbonyl (C=S) groups is 1. The Labute approximate surface area is 191 Å². The number of anilines is 1. The first-order valence-corrected chi connectivity index (χ1v) is 11.0. The minimum atomic E-state index is -0.544. The van der Waals surface area contributed by atoms with Gasteiger partial charge in [-0.2, -0.15) is 4.39 Å². The molecule has 2 fully saturated rings. The largest absolute Gasteiger partial charge is 0.367 e. The monoisotopic (exact) mass is 452 g/mol. The number of carbonyl (C=O) groups is 1. The van der Waals surface area contributed by atoms with Crippen molar-refractivity contribution in [3.63, 3.8) is 0 Å². The highest BCUT2D eigenvalue weighted by Crippen LogP contribution is 2.30. The Morgan fingerprint density at radius 3 is 2.59 bits per heavy atom. The van der Waals surface area contributed by atoms with Gasteiger partial charge in [-0.3, -0.25) is 15.2 Å². The lowest BCUT2D eigenvalue weighted by Crippen LogP contribution is -2.58. The van der Waals surface area contributed by atoms with Crippen LogP contribution in [0.4, 0.5) is 14.9 Å². The van der Waals surface area contributed by atoms with Crippen molar-refractivity contribution < 1.29 is 9.18 Å². The number of aromatic nitrogens is 1. The number of amides is 2. The summed E-state index contributed by atoms with van der Waals surface area (Å²) in [5.41, 5.74) is 2.03. The highest BCUT2D eigenvalue weighted by molar-refractivity contribution is 7.80. The van der Waals surface area contributed by atoms with Crippen molar-refractivity contribution in [2.75, 3.05) is 12.4 Å². The lowest BCUT2D eigenvalue weighted by molar-refractivity contribution is 0.190. The van der Waals surface area contributed by atoms with Gasteiger partial charge in [0, 0.05) is 31.5 Å². The van der Waals surface area contributed by atoms with Crippen molar-refractivity contribution in [3.05, 3.63) is 71.6 Å². The van der Waals surface area contributed by atoms with E-state index in [1.54, 1.807) is 18.0 Å². The van der Waals surface area contributed by atoms with Gasteiger partial charge in [0.1, 0.15) is 16.6 Å². The van der Waals surface area contributed by atoms with Crippen molar-refractivity contribution in [1.29, 1.82) is 5.41 Å². The number of para-hydroxylation sites is 1. The van der Waals surface area contributed by atoms with E-state index in [0.717, 1.165) is 36.9 Å². The summed E-state index contributed by atoms with van der Waals surface area (Å²) in [6.07, 6.45) is 5.29. The quantitative estimate of drug-likeness (QED) is 0.347. The fourth-order valence-corrected chi connectivity index (χ4v) is 4.30. The molecule has 4 rings (SSSR count). The first-order valence-electron chi connectivity index (χ1n) is 10.6. The van der Waals surface area contributed by atoms with Crippen LogP contribution in [0.5, 0.6) is 0 Å². The Morgan fingerprint density at radius 2 is 1.94 bits per heavy atom. The Bertz CT molecular complexity index is 1050. The average Bonchev–Trinajstić information content (AvgIpc) is 3.32. The van der Waals surface area contributed by atoms with E-state index in [9.17, 15) is 9.18 Å². The number of rotatable bonds is 6. The molecule has 7 nitrogen and oxygen atoms in total. The van der Waals surface area contributed by atoms with Gasteiger partial charge >= 0.3 is 6.03 Å². The maximum absolute atomic E-state index is 13.2. The van der Waals surface area contributed by atoms with Crippen LogP contribution in [0.15, 0.2) is 60.1 Å². The molecule has 1 aromatic carbocycles. The highest BCUT2D eigenvalue weighted by Gasteiger charge is 2.41. The molecule has 2 aliphatic rings. The Morgan fingerprint density at radius 1 is 1.22 bits per heavy atom. The van der Waals surface area contributed by atoms with Gasteiger partial charge < -0.3 is 10.6 Å². The summed E-state index contributed by atoms with van der Waals surface area (Å²) >= 11 is 5.61. The summed E-state index contributed by atoms with van der Waals surface area (Å²) < 4.78 is 13.2. The molecule has 3 N–H and O–H groups in total. The summed E-state index contributed by atoms with van der Waals surface area (Å²) in [6, 6.07) is 12.2. The molecule has 32 heavy (non-hydrogen) atoms. The topological polar surface area (TPSA) is 84.4 Å². The number of nitrogens with one attached hydrogen (secondary N) is 3. The highest BCUT2D eigenvalue weighted by atomic mass is 32.1. The molecular formula is C23H25FN6OS. The van der Waals surface area contributed by atoms with Gasteiger partial charge in [0.05, 0.1) is 5.57 Å². The predicted molar refractivity (Wildman–Crippen MR) is 126 cm³/mol. The molecule has 1 aliphatic heterocycles. The molecule has 0 unspecified atom stereocenters. The van der Waals surface area contributed by atoms with Crippen LogP contribution in [-0.2, 0) is 6.54 Å². The zero-order valence-electron chi connectivity index (χ0n) is 17.8. The third-order valence-electron chi connectivity index (χ3n) is 5.73. The molecule has 9 heteroatoms. The SMILES string of the molecule is CN1C(=O)N(C2CCCC2)C(=N)/C(=C(\NCc2ccc(F)nc2)Nc2ccccc2)C1=S. The zero-order chi connectivity index (χ0) is 22.7. The normalized spacial score (nSPS) is 18.9. The molecule has 2 heterocycles. The Balaban J connectivity index is 1.71. The van der Waals surface area contributed by atoms with Gasteiger partial charge in [0.25, 0.3) is 0 Å². The summed E-state index contributed by atoms with van der Waals surface area (Å²) in [5, 5.41) is 15.5. The number of halogens is 1. The van der Waals surface area contributed by atoms with Gasteiger partial charge in [-0.25, -0.2) is 9.78 Å². The van der Waals surface area contributed by atoms with E-state index >= 15 is 0 Å². The molecular weight excluding hydrogens is 427 g/mol. The predicted octanol–water partition coefficient (Wildman–Crippen LogP) is 4.25. The zero-order valence-corrected chi connectivity index (χ0v) is 18.6. The van der Waals surface area contributed by atoms with Crippen LogP contribution in [0.2, 0.25) is 0 Å². The summed E-state index contributed by atoms with van der Waals surface area (Å²) in [4.78, 5) is 19.9. The molecule has 0 radical (unpaired) electrons. The van der Waals surface area contributed by atoms with Crippen molar-refractivity contribution in [2.24, 2.45) is 0 Å². The van der Waals surface area contributed by atoms with Crippen molar-refractivity contribution in [1.82, 2.24) is 20.1 Å². The smallest absolute Gasteiger partial charge is 0.330 e. The van der Waals surface area contributed by atoms with E-state index in [1.807, 2.05) is 30.3 Å². The number of carbonyl (C=O) groups excluding carboxylic acids is 1. The minimum Gasteiger partial charge on any atom is -0.367 e. The molecule has 1 saturated heterocycles. The van der Waals surface area contributed by atoms with E-state index in [-0.39, 0.29) is 22.9 Å².